The summed E-state index contributed by atoms with van der Waals surface area (Å²) in [5.74, 6) is -0.0559. The summed E-state index contributed by atoms with van der Waals surface area (Å²) in [6, 6.07) is 5.50. The molecular weight excluding hydrogens is 328 g/mol. The van der Waals surface area contributed by atoms with Crippen molar-refractivity contribution < 1.29 is 4.79 Å². The first-order valence-electron chi connectivity index (χ1n) is 9.66. The zero-order valence-electron chi connectivity index (χ0n) is 15.1. The SMILES string of the molecule is O=C(NCCN1CCCCC1)c1ccc2[nH]c(=O)c3c(c2c1)NCCC3. The van der Waals surface area contributed by atoms with Gasteiger partial charge in [0, 0.05) is 36.1 Å². The van der Waals surface area contributed by atoms with Crippen molar-refractivity contribution in [3.63, 3.8) is 0 Å². The van der Waals surface area contributed by atoms with Crippen LogP contribution in [0, 0.1) is 0 Å². The molecule has 1 amide bonds. The lowest BCUT2D eigenvalue weighted by atomic mass is 10.00. The molecule has 138 valence electrons. The summed E-state index contributed by atoms with van der Waals surface area (Å²) in [6.07, 6.45) is 5.57. The van der Waals surface area contributed by atoms with Crippen molar-refractivity contribution in [3.8, 4) is 0 Å². The third-order valence-corrected chi connectivity index (χ3v) is 5.44. The van der Waals surface area contributed by atoms with Crippen molar-refractivity contribution in [1.82, 2.24) is 15.2 Å². The van der Waals surface area contributed by atoms with E-state index in [0.29, 0.717) is 12.1 Å². The van der Waals surface area contributed by atoms with Gasteiger partial charge in [-0.05, 0) is 57.0 Å². The number of hydrogen-bond donors (Lipinski definition) is 3. The van der Waals surface area contributed by atoms with Crippen LogP contribution in [0.4, 0.5) is 5.69 Å². The Hall–Kier alpha value is -2.34. The molecule has 0 atom stereocenters. The average Bonchev–Trinajstić information content (AvgIpc) is 2.69. The second-order valence-electron chi connectivity index (χ2n) is 7.26. The number of carbonyl (C=O) groups is 1. The molecule has 6 nitrogen and oxygen atoms in total. The van der Waals surface area contributed by atoms with Crippen LogP contribution in [0.25, 0.3) is 10.9 Å². The Bertz CT molecular complexity index is 868. The molecular formula is C20H26N4O2. The molecule has 0 bridgehead atoms. The summed E-state index contributed by atoms with van der Waals surface area (Å²) in [7, 11) is 0. The van der Waals surface area contributed by atoms with Gasteiger partial charge in [-0.1, -0.05) is 6.42 Å². The van der Waals surface area contributed by atoms with Crippen LogP contribution in [0.2, 0.25) is 0 Å². The summed E-state index contributed by atoms with van der Waals surface area (Å²) >= 11 is 0. The minimum atomic E-state index is -0.0559. The minimum Gasteiger partial charge on any atom is -0.384 e. The van der Waals surface area contributed by atoms with E-state index in [4.69, 9.17) is 0 Å². The summed E-state index contributed by atoms with van der Waals surface area (Å²) in [5.41, 5.74) is 3.06. The number of fused-ring (bicyclic) bond motifs is 3. The van der Waals surface area contributed by atoms with E-state index in [2.05, 4.69) is 20.5 Å². The lowest BCUT2D eigenvalue weighted by molar-refractivity contribution is 0.0946. The minimum absolute atomic E-state index is 0.0292. The smallest absolute Gasteiger partial charge is 0.253 e. The van der Waals surface area contributed by atoms with Crippen molar-refractivity contribution in [1.29, 1.82) is 0 Å². The van der Waals surface area contributed by atoms with Gasteiger partial charge in [0.05, 0.1) is 11.2 Å². The Morgan fingerprint density at radius 1 is 1.15 bits per heavy atom. The fourth-order valence-electron chi connectivity index (χ4n) is 4.01. The number of H-pyrrole nitrogens is 1. The third kappa shape index (κ3) is 3.46. The summed E-state index contributed by atoms with van der Waals surface area (Å²) in [5, 5.41) is 7.29. The summed E-state index contributed by atoms with van der Waals surface area (Å²) in [4.78, 5) is 30.1. The van der Waals surface area contributed by atoms with E-state index < -0.39 is 0 Å². The monoisotopic (exact) mass is 354 g/mol. The first kappa shape index (κ1) is 17.1. The highest BCUT2D eigenvalue weighted by atomic mass is 16.1. The Morgan fingerprint density at radius 2 is 2.00 bits per heavy atom. The number of amides is 1. The van der Waals surface area contributed by atoms with E-state index in [9.17, 15) is 9.59 Å². The zero-order chi connectivity index (χ0) is 17.9. The largest absolute Gasteiger partial charge is 0.384 e. The van der Waals surface area contributed by atoms with Gasteiger partial charge in [-0.2, -0.15) is 0 Å². The van der Waals surface area contributed by atoms with Gasteiger partial charge in [0.25, 0.3) is 11.5 Å². The standard InChI is InChI=1S/C20H26N4O2/c25-19(22-9-12-24-10-2-1-3-11-24)14-6-7-17-16(13-14)18-15(20(26)23-17)5-4-8-21-18/h6-7,13,21H,1-5,8-12H2,(H,22,25)(H,23,26). The van der Waals surface area contributed by atoms with Crippen molar-refractivity contribution in [2.24, 2.45) is 0 Å². The fourth-order valence-corrected chi connectivity index (χ4v) is 4.01. The molecule has 2 aliphatic rings. The number of rotatable bonds is 4. The molecule has 1 aromatic heterocycles. The van der Waals surface area contributed by atoms with Gasteiger partial charge in [0.2, 0.25) is 0 Å². The Morgan fingerprint density at radius 3 is 2.85 bits per heavy atom. The van der Waals surface area contributed by atoms with Crippen LogP contribution in [0.5, 0.6) is 0 Å². The molecule has 3 N–H and O–H groups in total. The highest BCUT2D eigenvalue weighted by Gasteiger charge is 2.17. The molecule has 1 aromatic carbocycles. The summed E-state index contributed by atoms with van der Waals surface area (Å²) < 4.78 is 0. The van der Waals surface area contributed by atoms with Gasteiger partial charge >= 0.3 is 0 Å². The maximum Gasteiger partial charge on any atom is 0.253 e. The number of likely N-dealkylation sites (tertiary alicyclic amines) is 1. The molecule has 0 spiro atoms. The Labute approximate surface area is 153 Å². The molecule has 1 fully saturated rings. The molecule has 26 heavy (non-hydrogen) atoms. The van der Waals surface area contributed by atoms with E-state index >= 15 is 0 Å². The number of piperidine rings is 1. The highest BCUT2D eigenvalue weighted by Crippen LogP contribution is 2.28. The van der Waals surface area contributed by atoms with E-state index in [1.807, 2.05) is 12.1 Å². The Balaban J connectivity index is 1.50. The molecule has 1 saturated heterocycles. The van der Waals surface area contributed by atoms with Crippen LogP contribution in [0.1, 0.15) is 41.6 Å². The Kier molecular flexibility index (Phi) is 4.93. The quantitative estimate of drug-likeness (QED) is 0.786. The molecule has 0 radical (unpaired) electrons. The molecule has 0 saturated carbocycles. The molecule has 2 aliphatic heterocycles. The number of hydrogen-bond acceptors (Lipinski definition) is 4. The number of nitrogens with zero attached hydrogens (tertiary/aromatic N) is 1. The van der Waals surface area contributed by atoms with Crippen LogP contribution in [-0.4, -0.2) is 48.5 Å². The number of pyridine rings is 1. The van der Waals surface area contributed by atoms with Crippen LogP contribution in [-0.2, 0) is 6.42 Å². The highest BCUT2D eigenvalue weighted by molar-refractivity contribution is 6.01. The van der Waals surface area contributed by atoms with Crippen LogP contribution in [0.3, 0.4) is 0 Å². The first-order valence-corrected chi connectivity index (χ1v) is 9.66. The number of anilines is 1. The van der Waals surface area contributed by atoms with Crippen LogP contribution < -0.4 is 16.2 Å². The molecule has 6 heteroatoms. The number of benzene rings is 1. The zero-order valence-corrected chi connectivity index (χ0v) is 15.1. The number of aromatic amines is 1. The third-order valence-electron chi connectivity index (χ3n) is 5.44. The lowest BCUT2D eigenvalue weighted by Crippen LogP contribution is -2.37. The molecule has 3 heterocycles. The van der Waals surface area contributed by atoms with E-state index in [1.54, 1.807) is 6.07 Å². The van der Waals surface area contributed by atoms with E-state index in [0.717, 1.165) is 61.2 Å². The fraction of sp³-hybridized carbons (Fsp3) is 0.500. The number of carbonyl (C=O) groups excluding carboxylic acids is 1. The number of aromatic nitrogens is 1. The van der Waals surface area contributed by atoms with Gasteiger partial charge in [0.15, 0.2) is 0 Å². The predicted octanol–water partition coefficient (Wildman–Crippen LogP) is 2.10. The van der Waals surface area contributed by atoms with E-state index in [1.165, 1.54) is 19.3 Å². The average molecular weight is 354 g/mol. The topological polar surface area (TPSA) is 77.2 Å². The number of nitrogens with one attached hydrogen (secondary N) is 3. The van der Waals surface area contributed by atoms with Crippen LogP contribution >= 0.6 is 0 Å². The van der Waals surface area contributed by atoms with Crippen molar-refractivity contribution >= 4 is 22.5 Å². The van der Waals surface area contributed by atoms with Gasteiger partial charge in [-0.25, -0.2) is 0 Å². The van der Waals surface area contributed by atoms with Crippen LogP contribution in [0.15, 0.2) is 23.0 Å². The molecule has 4 rings (SSSR count). The lowest BCUT2D eigenvalue weighted by Gasteiger charge is -2.26. The molecule has 0 aliphatic carbocycles. The van der Waals surface area contributed by atoms with Crippen molar-refractivity contribution in [2.75, 3.05) is 38.0 Å². The molecule has 0 unspecified atom stereocenters. The van der Waals surface area contributed by atoms with Gasteiger partial charge < -0.3 is 20.5 Å². The van der Waals surface area contributed by atoms with Crippen molar-refractivity contribution in [2.45, 2.75) is 32.1 Å². The summed E-state index contributed by atoms with van der Waals surface area (Å²) in [6.45, 7) is 4.70. The maximum atomic E-state index is 12.5. The predicted molar refractivity (Wildman–Crippen MR) is 104 cm³/mol. The second-order valence-corrected chi connectivity index (χ2v) is 7.26. The van der Waals surface area contributed by atoms with Gasteiger partial charge in [0.1, 0.15) is 0 Å². The molecule has 2 aromatic rings. The van der Waals surface area contributed by atoms with Crippen molar-refractivity contribution in [3.05, 3.63) is 39.7 Å². The van der Waals surface area contributed by atoms with E-state index in [-0.39, 0.29) is 11.5 Å². The second kappa shape index (κ2) is 7.50. The maximum absolute atomic E-state index is 12.5. The van der Waals surface area contributed by atoms with Gasteiger partial charge in [-0.3, -0.25) is 9.59 Å². The first-order chi connectivity index (χ1) is 12.7. The van der Waals surface area contributed by atoms with Gasteiger partial charge in [-0.15, -0.1) is 0 Å². The normalized spacial score (nSPS) is 17.5.